The Hall–Kier alpha value is -6.42. The quantitative estimate of drug-likeness (QED) is 0.00959. The molecule has 14 N–H and O–H groups in total. The molecule has 0 amide bonds. The van der Waals surface area contributed by atoms with Gasteiger partial charge in [-0.3, -0.25) is 74.6 Å². The number of rotatable bonds is 45. The van der Waals surface area contributed by atoms with Crippen LogP contribution in [0.25, 0.3) is 0 Å². The van der Waals surface area contributed by atoms with E-state index in [1.54, 1.807) is 69.2 Å². The summed E-state index contributed by atoms with van der Waals surface area (Å²) >= 11 is 9.70. The van der Waals surface area contributed by atoms with Gasteiger partial charge in [-0.05, 0) is 151 Å². The van der Waals surface area contributed by atoms with Crippen molar-refractivity contribution in [2.75, 3.05) is 106 Å². The molecule has 0 fully saturated rings. The molecule has 786 valence electrons. The fourth-order valence-electron chi connectivity index (χ4n) is 9.89. The average molecular weight is 2170 g/mol. The molecule has 10 atom stereocenters. The van der Waals surface area contributed by atoms with Crippen molar-refractivity contribution in [1.82, 2.24) is 30.5 Å². The normalized spacial score (nSPS) is 14.6. The van der Waals surface area contributed by atoms with E-state index in [-0.39, 0.29) is 52.2 Å². The van der Waals surface area contributed by atoms with E-state index in [0.717, 1.165) is 72.6 Å². The smallest absolute Gasteiger partial charge is 0.328 e. The molecule has 0 saturated heterocycles. The van der Waals surface area contributed by atoms with Gasteiger partial charge in [0, 0.05) is 60.0 Å². The third kappa shape index (κ3) is 87.4. The van der Waals surface area contributed by atoms with Crippen molar-refractivity contribution in [2.45, 2.75) is 184 Å². The summed E-state index contributed by atoms with van der Waals surface area (Å²) in [7, 11) is -26.4. The number of hydrogen-bond donors (Lipinski definition) is 13. The molecule has 0 aromatic heterocycles. The van der Waals surface area contributed by atoms with E-state index in [9.17, 15) is 74.6 Å². The predicted octanol–water partition coefficient (Wildman–Crippen LogP) is 16.3. The van der Waals surface area contributed by atoms with Crippen LogP contribution in [0.2, 0.25) is 0 Å². The maximum Gasteiger partial charge on any atom is 0.328 e. The van der Waals surface area contributed by atoms with Crippen LogP contribution in [0.1, 0.15) is 136 Å². The van der Waals surface area contributed by atoms with Crippen LogP contribution in [0.15, 0.2) is 182 Å². The molecule has 0 radical (unpaired) electrons. The zero-order valence-corrected chi connectivity index (χ0v) is 91.8. The Morgan fingerprint density at radius 2 is 0.536 bits per heavy atom. The number of unbranched alkanes of at least 4 members (excludes halogenated alkanes) is 1. The maximum atomic E-state index is 13.4. The lowest BCUT2D eigenvalue weighted by Crippen LogP contribution is -2.45. The summed E-state index contributed by atoms with van der Waals surface area (Å²) in [5.41, 5.74) is 11.1. The minimum Gasteiger partial charge on any atom is -0.465 e. The molecule has 6 aromatic rings. The van der Waals surface area contributed by atoms with Gasteiger partial charge in [0.1, 0.15) is 42.3 Å². The average Bonchev–Trinajstić information content (AvgIpc) is 0.831. The SMILES string of the molecule is CCCCC(N)C(=O)OCC.CCOC(=O)C(C)NP(C)(=O)NC(C)C(=O)OCC.CCOC(=O)C(C)NP(C)(=O)O.CCOC(=O)C(C)NP(C)(=O)OCc1ccccc1.CCOC(=O)C(Cc1ccccc1)NP(C)(=O)NC(Cc1ccccc1)C(=O)OCC.CP(=O)(Cl)Cl.CP(=O)(O)O.CP(=O)(O)O.CP(=O)(O)OCc1ccccc1.CP(=O)(OCc1ccccc1)OCc1ccccc1. The number of carbonyl (C=O) groups is 7. The van der Waals surface area contributed by atoms with E-state index < -0.39 is 144 Å². The van der Waals surface area contributed by atoms with E-state index in [1.165, 1.54) is 46.9 Å². The maximum absolute atomic E-state index is 13.4. The van der Waals surface area contributed by atoms with Gasteiger partial charge in [0.05, 0.1) is 72.7 Å². The Bertz CT molecular complexity index is 4610. The highest BCUT2D eigenvalue weighted by atomic mass is 35.9. The highest BCUT2D eigenvalue weighted by Gasteiger charge is 2.34. The van der Waals surface area contributed by atoms with Gasteiger partial charge >= 0.3 is 72.2 Å². The lowest BCUT2D eigenvalue weighted by Gasteiger charge is -2.26. The van der Waals surface area contributed by atoms with Crippen molar-refractivity contribution >= 4 is 130 Å². The number of nitrogens with two attached hydrogens (primary N) is 1. The van der Waals surface area contributed by atoms with Crippen LogP contribution in [-0.2, 0) is 165 Å². The molecule has 0 spiro atoms. The molecule has 0 aliphatic heterocycles. The first-order valence-corrected chi connectivity index (χ1v) is 63.8. The topological polar surface area (TPSA) is 594 Å². The summed E-state index contributed by atoms with van der Waals surface area (Å²) in [4.78, 5) is 129. The van der Waals surface area contributed by atoms with Gasteiger partial charge in [0.15, 0.2) is 0 Å². The number of ether oxygens (including phenoxy) is 7. The van der Waals surface area contributed by atoms with Crippen LogP contribution in [-0.4, -0.2) is 220 Å². The van der Waals surface area contributed by atoms with Gasteiger partial charge in [-0.1, -0.05) is 202 Å². The first-order valence-electron chi connectivity index (χ1n) is 43.2. The standard InChI is InChI=1S/C23H31N2O5P.C15H17O3P.C13H20NO4P.C11H23N2O5P.C8H17NO2.C8H11O3P.C6H14NO4P.CH3Cl2OP.2CH5O3P/c1-4-29-22(26)20(16-18-12-8-6-9-13-18)24-31(3,28)25-21(23(27)30-5-2)17-19-14-10-7-11-15-19;1-19(16,17-12-14-8-4-2-5-9-14)18-13-15-10-6-3-7-11-15;1-4-17-13(15)11(2)14-19(3,16)18-10-12-8-6-5-7-9-12;1-6-17-10(14)8(3)12-19(5,16)13-9(4)11(15)18-7-2;1-3-5-6-7(9)8(10)11-4-2;1-12(9,10)11-7-8-5-3-2-4-6-8;1-4-11-6(8)5(2)7-12(3,9)10;3*1-5(2,3)4/h6-15,20-21H,4-5,16-17H2,1-3H3,(H2,24,25,28);2-11H,12-13H2,1H3;5-9,11H,4,10H2,1-3H3,(H,14,16);8-9H,6-7H2,1-5H3,(H2,12,13,16);7H,3-6,9H2,1-2H3;2-6H,7H2,1H3,(H,9,10);5H,4H2,1-3H3,(H2,7,9,10);1H3;2*1H3,(H2,2,3,4). The van der Waals surface area contributed by atoms with E-state index >= 15 is 0 Å². The molecule has 0 saturated carbocycles. The first-order chi connectivity index (χ1) is 63.8. The second-order valence-electron chi connectivity index (χ2n) is 29.7. The molecule has 51 heteroatoms. The van der Waals surface area contributed by atoms with Crippen molar-refractivity contribution in [3.8, 4) is 0 Å². The lowest BCUT2D eigenvalue weighted by atomic mass is 10.1. The molecule has 6 aromatic carbocycles. The minimum atomic E-state index is -3.64. The third-order valence-electron chi connectivity index (χ3n) is 15.5. The van der Waals surface area contributed by atoms with Crippen LogP contribution in [0.5, 0.6) is 0 Å². The zero-order chi connectivity index (χ0) is 107. The first kappa shape index (κ1) is 138. The Labute approximate surface area is 822 Å². The Morgan fingerprint density at radius 1 is 0.319 bits per heavy atom. The van der Waals surface area contributed by atoms with Crippen LogP contribution in [0.3, 0.4) is 0 Å². The summed E-state index contributed by atoms with van der Waals surface area (Å²) in [5.74, 6) is -5.90. The number of carbonyl (C=O) groups excluding carboxylic acids is 7. The molecule has 10 unspecified atom stereocenters. The summed E-state index contributed by atoms with van der Waals surface area (Å²) in [6.07, 6.45) is 3.40. The van der Waals surface area contributed by atoms with Crippen LogP contribution in [0.4, 0.5) is 0 Å². The molecule has 6 rings (SSSR count). The Balaban J connectivity index is -0.000000757. The molecule has 0 aliphatic carbocycles. The molecular formula is C87H146Cl2N7O33P9. The third-order valence-corrected chi connectivity index (χ3v) is 23.0. The number of nitrogens with one attached hydrogen (secondary N) is 6. The van der Waals surface area contributed by atoms with Gasteiger partial charge in [0.2, 0.25) is 20.7 Å². The molecule has 0 bridgehead atoms. The Kier molecular flexibility index (Phi) is 75.3. The van der Waals surface area contributed by atoms with Gasteiger partial charge in [-0.25, -0.2) is 30.5 Å². The summed E-state index contributed by atoms with van der Waals surface area (Å²) in [6, 6.07) is 51.9. The van der Waals surface area contributed by atoms with Gasteiger partial charge in [-0.15, -0.1) is 0 Å². The monoisotopic (exact) mass is 2170 g/mol. The van der Waals surface area contributed by atoms with Gasteiger partial charge < -0.3 is 86.3 Å². The molecule has 138 heavy (non-hydrogen) atoms. The van der Waals surface area contributed by atoms with Gasteiger partial charge in [-0.2, -0.15) is 0 Å². The van der Waals surface area contributed by atoms with Crippen molar-refractivity contribution in [1.29, 1.82) is 0 Å². The zero-order valence-electron chi connectivity index (χ0n) is 82.2. The summed E-state index contributed by atoms with van der Waals surface area (Å²) < 4.78 is 155. The number of halogens is 2. The fourth-order valence-corrected chi connectivity index (χ4v) is 16.6. The number of benzene rings is 6. The lowest BCUT2D eigenvalue weighted by molar-refractivity contribution is -0.146. The van der Waals surface area contributed by atoms with E-state index in [2.05, 4.69) is 42.2 Å². The van der Waals surface area contributed by atoms with E-state index in [4.69, 9.17) is 104 Å². The van der Waals surface area contributed by atoms with Crippen molar-refractivity contribution in [3.63, 3.8) is 0 Å². The van der Waals surface area contributed by atoms with E-state index in [1.807, 2.05) is 182 Å². The minimum absolute atomic E-state index is 0.186. The molecule has 0 aliphatic rings. The van der Waals surface area contributed by atoms with Crippen molar-refractivity contribution < 1.29 is 155 Å². The number of esters is 7. The highest BCUT2D eigenvalue weighted by Crippen LogP contribution is 2.52. The van der Waals surface area contributed by atoms with Gasteiger partial charge in [0.25, 0.3) is 15.0 Å². The summed E-state index contributed by atoms with van der Waals surface area (Å²) in [5, 5.41) is 16.0. The number of hydrogen-bond acceptors (Lipinski definition) is 28. The van der Waals surface area contributed by atoms with Crippen LogP contribution >= 0.6 is 88.6 Å². The highest BCUT2D eigenvalue weighted by molar-refractivity contribution is 8.08. The largest absolute Gasteiger partial charge is 0.465 e. The molecule has 0 heterocycles. The second-order valence-corrected chi connectivity index (χ2v) is 51.8. The fraction of sp³-hybridized carbons (Fsp3) is 0.506. The van der Waals surface area contributed by atoms with Crippen LogP contribution in [0, 0.1) is 0 Å². The summed E-state index contributed by atoms with van der Waals surface area (Å²) in [6.45, 7) is 34.3. The van der Waals surface area contributed by atoms with Crippen molar-refractivity contribution in [2.24, 2.45) is 5.73 Å². The Morgan fingerprint density at radius 3 is 0.783 bits per heavy atom. The molecular weight excluding hydrogens is 2020 g/mol. The second kappa shape index (κ2) is 75.4. The van der Waals surface area contributed by atoms with Crippen molar-refractivity contribution in [3.05, 3.63) is 215 Å². The van der Waals surface area contributed by atoms with E-state index in [0.29, 0.717) is 39.3 Å². The van der Waals surface area contributed by atoms with Crippen LogP contribution < -0.4 is 36.3 Å². The predicted molar refractivity (Wildman–Crippen MR) is 540 cm³/mol. The molecule has 40 nitrogen and oxygen atoms in total.